The van der Waals surface area contributed by atoms with Crippen molar-refractivity contribution in [3.05, 3.63) is 82.9 Å². The van der Waals surface area contributed by atoms with Gasteiger partial charge in [-0.15, -0.1) is 0 Å². The van der Waals surface area contributed by atoms with E-state index in [0.29, 0.717) is 46.7 Å². The molecular formula is C27H27F3N6O3. The van der Waals surface area contributed by atoms with E-state index in [0.717, 1.165) is 0 Å². The Morgan fingerprint density at radius 2 is 1.97 bits per heavy atom. The van der Waals surface area contributed by atoms with E-state index in [9.17, 15) is 18.0 Å². The van der Waals surface area contributed by atoms with Crippen molar-refractivity contribution in [3.8, 4) is 16.9 Å². The fourth-order valence-electron chi connectivity index (χ4n) is 4.94. The molecule has 5 rings (SSSR count). The van der Waals surface area contributed by atoms with Crippen molar-refractivity contribution in [3.63, 3.8) is 0 Å². The minimum Gasteiger partial charge on any atom is -0.497 e. The quantitative estimate of drug-likeness (QED) is 0.367. The SMILES string of the molecule is CCn1cc(-c2cc(Cn3ccoc3=N)cc3c2CCN([C@@H](C)c2cc(OC)ccn2)C3=O)c(C(F)(F)F)n1. The van der Waals surface area contributed by atoms with Crippen LogP contribution in [0.1, 0.15) is 52.8 Å². The maximum absolute atomic E-state index is 14.1. The summed E-state index contributed by atoms with van der Waals surface area (Å²) in [7, 11) is 1.55. The van der Waals surface area contributed by atoms with Crippen LogP contribution in [0.4, 0.5) is 13.2 Å². The van der Waals surface area contributed by atoms with Gasteiger partial charge in [-0.05, 0) is 55.2 Å². The number of nitrogens with one attached hydrogen (secondary N) is 1. The fraction of sp³-hybridized carbons (Fsp3) is 0.333. The standard InChI is InChI=1S/C27H27F3N6O3/c1-4-35-15-22(24(33-35)27(28,29)30)20-11-17(14-34-9-10-39-26(34)31)12-21-19(20)6-8-36(25(21)37)16(2)23-13-18(38-3)5-7-32-23/h5,7,9-13,15-16,31H,4,6,8,14H2,1-3H3/t16-/m0/s1. The molecule has 39 heavy (non-hydrogen) atoms. The smallest absolute Gasteiger partial charge is 0.435 e. The van der Waals surface area contributed by atoms with Crippen molar-refractivity contribution in [1.82, 2.24) is 24.2 Å². The number of aromatic nitrogens is 4. The van der Waals surface area contributed by atoms with Crippen LogP contribution < -0.4 is 10.4 Å². The Kier molecular flexibility index (Phi) is 6.79. The summed E-state index contributed by atoms with van der Waals surface area (Å²) in [6.45, 7) is 4.27. The fourth-order valence-corrected chi connectivity index (χ4v) is 4.94. The maximum Gasteiger partial charge on any atom is 0.435 e. The summed E-state index contributed by atoms with van der Waals surface area (Å²) < 4.78 is 55.3. The van der Waals surface area contributed by atoms with Crippen molar-refractivity contribution in [2.75, 3.05) is 13.7 Å². The van der Waals surface area contributed by atoms with E-state index in [-0.39, 0.29) is 30.2 Å². The van der Waals surface area contributed by atoms with Gasteiger partial charge in [0.1, 0.15) is 12.0 Å². The molecule has 1 N–H and O–H groups in total. The van der Waals surface area contributed by atoms with Gasteiger partial charge in [0.05, 0.1) is 25.4 Å². The summed E-state index contributed by atoms with van der Waals surface area (Å²) in [4.78, 5) is 20.0. The maximum atomic E-state index is 14.1. The first-order valence-corrected chi connectivity index (χ1v) is 12.4. The van der Waals surface area contributed by atoms with Gasteiger partial charge in [0.2, 0.25) is 0 Å². The largest absolute Gasteiger partial charge is 0.497 e. The Bertz CT molecular complexity index is 1590. The van der Waals surface area contributed by atoms with Crippen LogP contribution >= 0.6 is 0 Å². The second-order valence-electron chi connectivity index (χ2n) is 9.30. The summed E-state index contributed by atoms with van der Waals surface area (Å²) in [6.07, 6.45) is 1.56. The Morgan fingerprint density at radius 3 is 2.64 bits per heavy atom. The second kappa shape index (κ2) is 10.1. The Hall–Kier alpha value is -4.35. The van der Waals surface area contributed by atoms with Gasteiger partial charge in [-0.3, -0.25) is 24.4 Å². The highest BCUT2D eigenvalue weighted by atomic mass is 19.4. The molecule has 0 saturated carbocycles. The number of carbonyl (C=O) groups is 1. The van der Waals surface area contributed by atoms with Crippen LogP contribution in [0.2, 0.25) is 0 Å². The number of halogens is 3. The molecule has 0 aliphatic carbocycles. The third-order valence-electron chi connectivity index (χ3n) is 6.97. The van der Waals surface area contributed by atoms with Gasteiger partial charge >= 0.3 is 6.18 Å². The number of amides is 1. The Morgan fingerprint density at radius 1 is 1.21 bits per heavy atom. The Balaban J connectivity index is 1.64. The molecule has 0 radical (unpaired) electrons. The summed E-state index contributed by atoms with van der Waals surface area (Å²) in [6, 6.07) is 6.42. The van der Waals surface area contributed by atoms with Crippen molar-refractivity contribution < 1.29 is 27.1 Å². The molecule has 204 valence electrons. The molecular weight excluding hydrogens is 513 g/mol. The summed E-state index contributed by atoms with van der Waals surface area (Å²) in [5, 5.41) is 11.7. The van der Waals surface area contributed by atoms with Crippen LogP contribution in [-0.2, 0) is 25.7 Å². The lowest BCUT2D eigenvalue weighted by Gasteiger charge is -2.34. The predicted molar refractivity (Wildman–Crippen MR) is 134 cm³/mol. The first-order chi connectivity index (χ1) is 18.6. The van der Waals surface area contributed by atoms with E-state index in [1.54, 1.807) is 55.6 Å². The number of rotatable bonds is 7. The molecule has 0 saturated heterocycles. The van der Waals surface area contributed by atoms with Crippen molar-refractivity contribution in [2.24, 2.45) is 0 Å². The van der Waals surface area contributed by atoms with Gasteiger partial charge in [-0.25, -0.2) is 0 Å². The molecule has 0 bridgehead atoms. The lowest BCUT2D eigenvalue weighted by atomic mass is 9.87. The zero-order chi connectivity index (χ0) is 27.9. The third kappa shape index (κ3) is 4.93. The minimum absolute atomic E-state index is 0.0745. The molecule has 0 spiro atoms. The number of ether oxygens (including phenoxy) is 1. The van der Waals surface area contributed by atoms with Crippen LogP contribution in [-0.4, -0.2) is 43.8 Å². The van der Waals surface area contributed by atoms with Crippen LogP contribution in [0.5, 0.6) is 5.75 Å². The number of fused-ring (bicyclic) bond motifs is 1. The summed E-state index contributed by atoms with van der Waals surface area (Å²) in [5.74, 6) is 0.299. The van der Waals surface area contributed by atoms with Gasteiger partial charge in [-0.2, -0.15) is 18.3 Å². The first kappa shape index (κ1) is 26.3. The molecule has 1 aliphatic rings. The number of hydrogen-bond donors (Lipinski definition) is 1. The molecule has 9 nitrogen and oxygen atoms in total. The highest BCUT2D eigenvalue weighted by Gasteiger charge is 2.39. The highest BCUT2D eigenvalue weighted by Crippen LogP contribution is 2.40. The van der Waals surface area contributed by atoms with E-state index < -0.39 is 17.9 Å². The average molecular weight is 541 g/mol. The number of hydrogen-bond acceptors (Lipinski definition) is 6. The number of nitrogens with zero attached hydrogens (tertiary/aromatic N) is 5. The molecule has 1 amide bonds. The van der Waals surface area contributed by atoms with Gasteiger partial charge in [0, 0.05) is 48.9 Å². The van der Waals surface area contributed by atoms with E-state index in [4.69, 9.17) is 14.6 Å². The Labute approximate surface area is 222 Å². The zero-order valence-electron chi connectivity index (χ0n) is 21.6. The van der Waals surface area contributed by atoms with Gasteiger partial charge in [0.15, 0.2) is 5.69 Å². The van der Waals surface area contributed by atoms with Gasteiger partial charge in [-0.1, -0.05) is 0 Å². The molecule has 4 aromatic rings. The van der Waals surface area contributed by atoms with Crippen molar-refractivity contribution >= 4 is 5.91 Å². The van der Waals surface area contributed by atoms with Gasteiger partial charge in [0.25, 0.3) is 11.6 Å². The molecule has 0 unspecified atom stereocenters. The molecule has 12 heteroatoms. The summed E-state index contributed by atoms with van der Waals surface area (Å²) in [5.41, 5.74) is 1.17. The molecule has 3 aromatic heterocycles. The van der Waals surface area contributed by atoms with Crippen LogP contribution in [0.15, 0.2) is 53.5 Å². The number of carbonyl (C=O) groups excluding carboxylic acids is 1. The van der Waals surface area contributed by atoms with E-state index in [1.807, 2.05) is 6.92 Å². The highest BCUT2D eigenvalue weighted by molar-refractivity contribution is 5.99. The van der Waals surface area contributed by atoms with E-state index >= 15 is 0 Å². The van der Waals surface area contributed by atoms with Crippen molar-refractivity contribution in [1.29, 1.82) is 5.41 Å². The zero-order valence-corrected chi connectivity index (χ0v) is 21.6. The number of pyridine rings is 1. The van der Waals surface area contributed by atoms with Crippen LogP contribution in [0.3, 0.4) is 0 Å². The van der Waals surface area contributed by atoms with E-state index in [2.05, 4.69) is 10.1 Å². The topological polar surface area (TPSA) is 102 Å². The molecule has 1 atom stereocenters. The normalized spacial score (nSPS) is 14.4. The monoisotopic (exact) mass is 540 g/mol. The third-order valence-corrected chi connectivity index (χ3v) is 6.97. The van der Waals surface area contributed by atoms with E-state index in [1.165, 1.54) is 21.7 Å². The molecule has 1 aliphatic heterocycles. The van der Waals surface area contributed by atoms with Crippen LogP contribution in [0.25, 0.3) is 11.1 Å². The first-order valence-electron chi connectivity index (χ1n) is 12.4. The van der Waals surface area contributed by atoms with Gasteiger partial charge < -0.3 is 14.1 Å². The summed E-state index contributed by atoms with van der Waals surface area (Å²) >= 11 is 0. The number of alkyl halides is 3. The number of benzene rings is 1. The number of aryl methyl sites for hydroxylation is 1. The molecule has 1 aromatic carbocycles. The number of oxazole rings is 1. The minimum atomic E-state index is -4.68. The average Bonchev–Trinajstić information content (AvgIpc) is 3.54. The number of methoxy groups -OCH3 is 1. The lowest BCUT2D eigenvalue weighted by Crippen LogP contribution is -2.40. The lowest BCUT2D eigenvalue weighted by molar-refractivity contribution is -0.141. The second-order valence-corrected chi connectivity index (χ2v) is 9.30. The van der Waals surface area contributed by atoms with Crippen molar-refractivity contribution in [2.45, 2.75) is 45.6 Å². The molecule has 0 fully saturated rings. The predicted octanol–water partition coefficient (Wildman–Crippen LogP) is 4.67. The molecule has 4 heterocycles. The van der Waals surface area contributed by atoms with Crippen LogP contribution in [0, 0.1) is 5.41 Å².